The minimum atomic E-state index is -0.212. The number of aryl methyl sites for hydroxylation is 1. The summed E-state index contributed by atoms with van der Waals surface area (Å²) in [6.45, 7) is 2.72. The van der Waals surface area contributed by atoms with Crippen LogP contribution < -0.4 is 10.1 Å². The molecule has 0 bridgehead atoms. The van der Waals surface area contributed by atoms with Crippen molar-refractivity contribution in [2.24, 2.45) is 0 Å². The zero-order chi connectivity index (χ0) is 17.6. The van der Waals surface area contributed by atoms with Crippen molar-refractivity contribution >= 4 is 21.8 Å². The molecule has 0 aliphatic rings. The molecule has 0 spiro atoms. The number of nitrogens with one attached hydrogen (secondary N) is 1. The first kappa shape index (κ1) is 17.2. The fourth-order valence-corrected chi connectivity index (χ4v) is 2.78. The summed E-state index contributed by atoms with van der Waals surface area (Å²) >= 11 is 3.39. The summed E-state index contributed by atoms with van der Waals surface area (Å²) in [5.74, 6) is 0.545. The lowest BCUT2D eigenvalue weighted by atomic mass is 10.3. The lowest BCUT2D eigenvalue weighted by molar-refractivity contribution is 0.0941. The number of nitrogens with zero attached hydrogens (tertiary/aromatic N) is 2. The molecule has 0 saturated heterocycles. The van der Waals surface area contributed by atoms with Gasteiger partial charge in [0.05, 0.1) is 12.2 Å². The zero-order valence-corrected chi connectivity index (χ0v) is 15.4. The molecule has 0 unspecified atom stereocenters. The Morgan fingerprint density at radius 2 is 1.96 bits per heavy atom. The van der Waals surface area contributed by atoms with Gasteiger partial charge in [0.25, 0.3) is 5.91 Å². The Morgan fingerprint density at radius 1 is 1.16 bits per heavy atom. The van der Waals surface area contributed by atoms with E-state index in [0.717, 1.165) is 21.6 Å². The van der Waals surface area contributed by atoms with Crippen molar-refractivity contribution in [2.75, 3.05) is 13.2 Å². The Hall–Kier alpha value is -2.60. The van der Waals surface area contributed by atoms with Gasteiger partial charge >= 0.3 is 0 Å². The molecule has 3 aromatic rings. The van der Waals surface area contributed by atoms with Crippen molar-refractivity contribution in [2.45, 2.75) is 6.92 Å². The molecule has 0 aliphatic heterocycles. The number of ether oxygens (including phenoxy) is 1. The summed E-state index contributed by atoms with van der Waals surface area (Å²) in [6.07, 6.45) is 0. The molecule has 25 heavy (non-hydrogen) atoms. The van der Waals surface area contributed by atoms with E-state index >= 15 is 0 Å². The second-order valence-electron chi connectivity index (χ2n) is 5.48. The van der Waals surface area contributed by atoms with Crippen molar-refractivity contribution in [3.63, 3.8) is 0 Å². The van der Waals surface area contributed by atoms with E-state index in [2.05, 4.69) is 26.3 Å². The summed E-state index contributed by atoms with van der Waals surface area (Å²) in [5.41, 5.74) is 2.22. The van der Waals surface area contributed by atoms with Crippen LogP contribution in [0.3, 0.4) is 0 Å². The van der Waals surface area contributed by atoms with Gasteiger partial charge in [0.2, 0.25) is 0 Å². The van der Waals surface area contributed by atoms with Gasteiger partial charge in [0.1, 0.15) is 12.4 Å². The van der Waals surface area contributed by atoms with Crippen LogP contribution in [0.1, 0.15) is 16.2 Å². The Labute approximate surface area is 154 Å². The third kappa shape index (κ3) is 4.48. The van der Waals surface area contributed by atoms with E-state index < -0.39 is 0 Å². The van der Waals surface area contributed by atoms with E-state index in [1.165, 1.54) is 0 Å². The van der Waals surface area contributed by atoms with Crippen molar-refractivity contribution < 1.29 is 9.53 Å². The monoisotopic (exact) mass is 399 g/mol. The van der Waals surface area contributed by atoms with Crippen LogP contribution in [0.5, 0.6) is 5.75 Å². The molecule has 128 valence electrons. The van der Waals surface area contributed by atoms with Crippen molar-refractivity contribution in [1.82, 2.24) is 15.1 Å². The molecular weight excluding hydrogens is 382 g/mol. The van der Waals surface area contributed by atoms with Crippen LogP contribution in [0.25, 0.3) is 5.69 Å². The van der Waals surface area contributed by atoms with Gasteiger partial charge in [-0.05, 0) is 43.3 Å². The fourth-order valence-electron chi connectivity index (χ4n) is 2.40. The van der Waals surface area contributed by atoms with Crippen molar-refractivity contribution in [3.8, 4) is 11.4 Å². The predicted molar refractivity (Wildman–Crippen MR) is 100 cm³/mol. The first-order valence-electron chi connectivity index (χ1n) is 7.92. The standard InChI is InChI=1S/C19H18BrN3O2/c1-14-12-18(22-23(14)16-7-3-2-4-8-16)19(24)21-10-11-25-17-9-5-6-15(20)13-17/h2-9,12-13H,10-11H2,1H3,(H,21,24). The van der Waals surface area contributed by atoms with Crippen molar-refractivity contribution in [3.05, 3.63) is 76.5 Å². The highest BCUT2D eigenvalue weighted by Gasteiger charge is 2.12. The van der Waals surface area contributed by atoms with E-state index in [1.54, 1.807) is 10.7 Å². The highest BCUT2D eigenvalue weighted by Crippen LogP contribution is 2.17. The quantitative estimate of drug-likeness (QED) is 0.642. The normalized spacial score (nSPS) is 10.5. The second kappa shape index (κ2) is 7.98. The topological polar surface area (TPSA) is 56.1 Å². The van der Waals surface area contributed by atoms with Gasteiger partial charge in [-0.15, -0.1) is 0 Å². The summed E-state index contributed by atoms with van der Waals surface area (Å²) in [7, 11) is 0. The fraction of sp³-hybridized carbons (Fsp3) is 0.158. The lowest BCUT2D eigenvalue weighted by Gasteiger charge is -2.07. The molecule has 0 atom stereocenters. The van der Waals surface area contributed by atoms with Crippen LogP contribution in [-0.2, 0) is 0 Å². The summed E-state index contributed by atoms with van der Waals surface area (Å²) in [5, 5.41) is 7.21. The molecular formula is C19H18BrN3O2. The number of halogens is 1. The summed E-state index contributed by atoms with van der Waals surface area (Å²) < 4.78 is 8.31. The van der Waals surface area contributed by atoms with Crippen LogP contribution >= 0.6 is 15.9 Å². The number of hydrogen-bond acceptors (Lipinski definition) is 3. The van der Waals surface area contributed by atoms with Crippen LogP contribution in [0.15, 0.2) is 65.1 Å². The third-order valence-electron chi connectivity index (χ3n) is 3.57. The number of hydrogen-bond donors (Lipinski definition) is 1. The van der Waals surface area contributed by atoms with Gasteiger partial charge in [-0.25, -0.2) is 4.68 Å². The van der Waals surface area contributed by atoms with Crippen molar-refractivity contribution in [1.29, 1.82) is 0 Å². The highest BCUT2D eigenvalue weighted by molar-refractivity contribution is 9.10. The molecule has 1 amide bonds. The molecule has 1 heterocycles. The first-order chi connectivity index (χ1) is 12.1. The van der Waals surface area contributed by atoms with E-state index in [1.807, 2.05) is 61.5 Å². The Morgan fingerprint density at radius 3 is 2.72 bits per heavy atom. The number of amides is 1. The van der Waals surface area contributed by atoms with E-state index in [-0.39, 0.29) is 5.91 Å². The highest BCUT2D eigenvalue weighted by atomic mass is 79.9. The number of para-hydroxylation sites is 1. The summed E-state index contributed by atoms with van der Waals surface area (Å²) in [6, 6.07) is 19.1. The summed E-state index contributed by atoms with van der Waals surface area (Å²) in [4.78, 5) is 12.3. The number of rotatable bonds is 6. The lowest BCUT2D eigenvalue weighted by Crippen LogP contribution is -2.28. The molecule has 2 aromatic carbocycles. The number of carbonyl (C=O) groups excluding carboxylic acids is 1. The number of carbonyl (C=O) groups is 1. The maximum Gasteiger partial charge on any atom is 0.271 e. The molecule has 0 saturated carbocycles. The number of benzene rings is 2. The molecule has 0 radical (unpaired) electrons. The molecule has 0 fully saturated rings. The van der Waals surface area contributed by atoms with Gasteiger partial charge < -0.3 is 10.1 Å². The van der Waals surface area contributed by atoms with Gasteiger partial charge in [0.15, 0.2) is 5.69 Å². The van der Waals surface area contributed by atoms with Crippen LogP contribution in [0, 0.1) is 6.92 Å². The SMILES string of the molecule is Cc1cc(C(=O)NCCOc2cccc(Br)c2)nn1-c1ccccc1. The van der Waals surface area contributed by atoms with E-state index in [0.29, 0.717) is 18.8 Å². The van der Waals surface area contributed by atoms with Crippen LogP contribution in [0.2, 0.25) is 0 Å². The molecule has 5 nitrogen and oxygen atoms in total. The Balaban J connectivity index is 1.55. The maximum atomic E-state index is 12.3. The maximum absolute atomic E-state index is 12.3. The zero-order valence-electron chi connectivity index (χ0n) is 13.8. The molecule has 0 aliphatic carbocycles. The average Bonchev–Trinajstić information content (AvgIpc) is 3.01. The predicted octanol–water partition coefficient (Wildman–Crippen LogP) is 3.75. The van der Waals surface area contributed by atoms with Gasteiger partial charge in [0, 0.05) is 10.2 Å². The molecule has 1 aromatic heterocycles. The Kier molecular flexibility index (Phi) is 5.50. The molecule has 3 rings (SSSR count). The van der Waals surface area contributed by atoms with Crippen LogP contribution in [0.4, 0.5) is 0 Å². The van der Waals surface area contributed by atoms with E-state index in [4.69, 9.17) is 4.74 Å². The molecule has 6 heteroatoms. The second-order valence-corrected chi connectivity index (χ2v) is 6.40. The Bertz CT molecular complexity index is 862. The third-order valence-corrected chi connectivity index (χ3v) is 4.07. The molecule has 1 N–H and O–H groups in total. The average molecular weight is 400 g/mol. The van der Waals surface area contributed by atoms with Gasteiger partial charge in [-0.3, -0.25) is 4.79 Å². The first-order valence-corrected chi connectivity index (χ1v) is 8.71. The number of aromatic nitrogens is 2. The smallest absolute Gasteiger partial charge is 0.271 e. The van der Waals surface area contributed by atoms with E-state index in [9.17, 15) is 4.79 Å². The minimum absolute atomic E-state index is 0.212. The van der Waals surface area contributed by atoms with Crippen LogP contribution in [-0.4, -0.2) is 28.8 Å². The van der Waals surface area contributed by atoms with Gasteiger partial charge in [-0.2, -0.15) is 5.10 Å². The van der Waals surface area contributed by atoms with Gasteiger partial charge in [-0.1, -0.05) is 40.2 Å². The largest absolute Gasteiger partial charge is 0.492 e. The minimum Gasteiger partial charge on any atom is -0.492 e.